The van der Waals surface area contributed by atoms with Crippen molar-refractivity contribution in [2.75, 3.05) is 0 Å². The number of aryl methyl sites for hydroxylation is 1. The molecule has 1 heterocycles. The van der Waals surface area contributed by atoms with Crippen molar-refractivity contribution < 1.29 is 10.0 Å². The van der Waals surface area contributed by atoms with Crippen molar-refractivity contribution in [2.24, 2.45) is 0 Å². The van der Waals surface area contributed by atoms with Gasteiger partial charge in [-0.1, -0.05) is 57.9 Å². The first-order valence-corrected chi connectivity index (χ1v) is 7.54. The number of unbranched alkanes of at least 4 members (excludes halogenated alkanes) is 7. The molecule has 0 aromatic carbocycles. The Morgan fingerprint density at radius 2 is 1.58 bits per heavy atom. The molecule has 0 atom stereocenters. The van der Waals surface area contributed by atoms with E-state index in [4.69, 9.17) is 10.0 Å². The summed E-state index contributed by atoms with van der Waals surface area (Å²) >= 11 is 0. The summed E-state index contributed by atoms with van der Waals surface area (Å²) in [5.41, 5.74) is 1.58. The van der Waals surface area contributed by atoms with Gasteiger partial charge in [0.15, 0.2) is 0 Å². The van der Waals surface area contributed by atoms with Crippen LogP contribution < -0.4 is 5.46 Å². The highest BCUT2D eigenvalue weighted by atomic mass is 16.4. The molecule has 0 fully saturated rings. The lowest BCUT2D eigenvalue weighted by atomic mass is 9.81. The lowest BCUT2D eigenvalue weighted by Crippen LogP contribution is -2.30. The Morgan fingerprint density at radius 3 is 2.21 bits per heavy atom. The third-order valence-corrected chi connectivity index (χ3v) is 3.43. The first-order valence-electron chi connectivity index (χ1n) is 7.54. The summed E-state index contributed by atoms with van der Waals surface area (Å²) in [6.07, 6.45) is 14.7. The second-order valence-electron chi connectivity index (χ2n) is 5.23. The van der Waals surface area contributed by atoms with Gasteiger partial charge < -0.3 is 10.0 Å². The zero-order valence-corrected chi connectivity index (χ0v) is 12.0. The molecule has 0 aliphatic carbocycles. The van der Waals surface area contributed by atoms with Crippen LogP contribution in [0, 0.1) is 0 Å². The fraction of sp³-hybridized carbons (Fsp3) is 0.667. The number of hydrogen-bond donors (Lipinski definition) is 2. The van der Waals surface area contributed by atoms with Crippen LogP contribution in [0.4, 0.5) is 0 Å². The molecule has 3 nitrogen and oxygen atoms in total. The molecule has 0 amide bonds. The average molecular weight is 263 g/mol. The van der Waals surface area contributed by atoms with Crippen molar-refractivity contribution in [2.45, 2.75) is 64.7 Å². The Labute approximate surface area is 117 Å². The van der Waals surface area contributed by atoms with E-state index in [0.29, 0.717) is 5.46 Å². The Morgan fingerprint density at radius 1 is 0.947 bits per heavy atom. The Hall–Kier alpha value is -0.865. The molecule has 19 heavy (non-hydrogen) atoms. The molecule has 1 rings (SSSR count). The topological polar surface area (TPSA) is 53.4 Å². The third kappa shape index (κ3) is 7.33. The zero-order chi connectivity index (χ0) is 13.9. The number of aromatic nitrogens is 1. The highest BCUT2D eigenvalue weighted by Crippen LogP contribution is 2.10. The molecular formula is C15H26BNO2. The maximum absolute atomic E-state index is 9.08. The Balaban J connectivity index is 2.10. The van der Waals surface area contributed by atoms with Crippen molar-refractivity contribution in [3.8, 4) is 0 Å². The molecule has 0 bridgehead atoms. The van der Waals surface area contributed by atoms with E-state index in [2.05, 4.69) is 11.9 Å². The van der Waals surface area contributed by atoms with E-state index in [1.165, 1.54) is 51.1 Å². The van der Waals surface area contributed by atoms with Gasteiger partial charge in [-0.15, -0.1) is 0 Å². The summed E-state index contributed by atoms with van der Waals surface area (Å²) in [6, 6.07) is 1.83. The predicted molar refractivity (Wildman–Crippen MR) is 80.4 cm³/mol. The maximum Gasteiger partial charge on any atom is 0.490 e. The highest BCUT2D eigenvalue weighted by molar-refractivity contribution is 6.58. The summed E-state index contributed by atoms with van der Waals surface area (Å²) < 4.78 is 0. The largest absolute Gasteiger partial charge is 0.490 e. The van der Waals surface area contributed by atoms with Gasteiger partial charge in [0.1, 0.15) is 0 Å². The smallest absolute Gasteiger partial charge is 0.423 e. The number of nitrogens with zero attached hydrogens (tertiary/aromatic N) is 1. The van der Waals surface area contributed by atoms with Crippen LogP contribution >= 0.6 is 0 Å². The molecule has 4 heteroatoms. The molecule has 106 valence electrons. The highest BCUT2D eigenvalue weighted by Gasteiger charge is 2.11. The monoisotopic (exact) mass is 263 g/mol. The molecule has 0 saturated heterocycles. The second kappa shape index (κ2) is 9.99. The predicted octanol–water partition coefficient (Wildman–Crippen LogP) is 2.44. The van der Waals surface area contributed by atoms with Gasteiger partial charge >= 0.3 is 7.12 Å². The lowest BCUT2D eigenvalue weighted by molar-refractivity contribution is 0.425. The van der Waals surface area contributed by atoms with E-state index in [1.54, 1.807) is 0 Å². The van der Waals surface area contributed by atoms with Gasteiger partial charge in [-0.25, -0.2) is 0 Å². The fourth-order valence-corrected chi connectivity index (χ4v) is 2.25. The van der Waals surface area contributed by atoms with Gasteiger partial charge in [0.05, 0.1) is 0 Å². The van der Waals surface area contributed by atoms with Gasteiger partial charge in [-0.3, -0.25) is 4.98 Å². The van der Waals surface area contributed by atoms with Gasteiger partial charge in [-0.2, -0.15) is 0 Å². The normalized spacial score (nSPS) is 10.7. The minimum atomic E-state index is -1.41. The first kappa shape index (κ1) is 16.2. The molecular weight excluding hydrogens is 237 g/mol. The second-order valence-corrected chi connectivity index (χ2v) is 5.23. The molecule has 0 aliphatic rings. The average Bonchev–Trinajstić information content (AvgIpc) is 2.42. The minimum absolute atomic E-state index is 0.483. The van der Waals surface area contributed by atoms with Crippen LogP contribution in [0.3, 0.4) is 0 Å². The van der Waals surface area contributed by atoms with Crippen molar-refractivity contribution >= 4 is 12.6 Å². The molecule has 0 unspecified atom stereocenters. The minimum Gasteiger partial charge on any atom is -0.423 e. The van der Waals surface area contributed by atoms with E-state index in [1.807, 2.05) is 12.3 Å². The van der Waals surface area contributed by atoms with Gasteiger partial charge in [0, 0.05) is 17.9 Å². The van der Waals surface area contributed by atoms with E-state index >= 15 is 0 Å². The van der Waals surface area contributed by atoms with Crippen LogP contribution in [0.1, 0.15) is 63.9 Å². The van der Waals surface area contributed by atoms with Crippen molar-refractivity contribution in [1.82, 2.24) is 4.98 Å². The molecule has 0 spiro atoms. The third-order valence-electron chi connectivity index (χ3n) is 3.43. The van der Waals surface area contributed by atoms with Crippen LogP contribution in [0.5, 0.6) is 0 Å². The molecule has 0 aliphatic heterocycles. The molecule has 1 aromatic rings. The van der Waals surface area contributed by atoms with Crippen molar-refractivity contribution in [3.05, 3.63) is 24.0 Å². The van der Waals surface area contributed by atoms with Crippen LogP contribution in [-0.4, -0.2) is 22.2 Å². The summed E-state index contributed by atoms with van der Waals surface area (Å²) in [5, 5.41) is 18.2. The molecule has 0 radical (unpaired) electrons. The van der Waals surface area contributed by atoms with Gasteiger partial charge in [0.2, 0.25) is 0 Å². The Bertz CT molecular complexity index is 345. The lowest BCUT2D eigenvalue weighted by Gasteiger charge is -2.04. The van der Waals surface area contributed by atoms with E-state index in [0.717, 1.165) is 18.4 Å². The zero-order valence-electron chi connectivity index (χ0n) is 12.0. The molecule has 1 aromatic heterocycles. The summed E-state index contributed by atoms with van der Waals surface area (Å²) in [6.45, 7) is 2.24. The van der Waals surface area contributed by atoms with Crippen molar-refractivity contribution in [1.29, 1.82) is 0 Å². The van der Waals surface area contributed by atoms with Gasteiger partial charge in [-0.05, 0) is 18.4 Å². The van der Waals surface area contributed by atoms with Crippen molar-refractivity contribution in [3.63, 3.8) is 0 Å². The maximum atomic E-state index is 9.08. The van der Waals surface area contributed by atoms with Gasteiger partial charge in [0.25, 0.3) is 0 Å². The molecule has 2 N–H and O–H groups in total. The van der Waals surface area contributed by atoms with E-state index in [-0.39, 0.29) is 0 Å². The standard InChI is InChI=1S/C15H26BNO2/c1-2-3-4-5-6-7-8-9-10-14-11-15(16(18)19)13-17-12-14/h11-13,18-19H,2-10H2,1H3. The number of pyridine rings is 1. The van der Waals surface area contributed by atoms with Crippen LogP contribution in [0.25, 0.3) is 0 Å². The van der Waals surface area contributed by atoms with Crippen LogP contribution in [0.15, 0.2) is 18.5 Å². The summed E-state index contributed by atoms with van der Waals surface area (Å²) in [5.74, 6) is 0. The first-order chi connectivity index (χ1) is 9.24. The van der Waals surface area contributed by atoms with E-state index in [9.17, 15) is 0 Å². The number of rotatable bonds is 10. The fourth-order valence-electron chi connectivity index (χ4n) is 2.25. The summed E-state index contributed by atoms with van der Waals surface area (Å²) in [4.78, 5) is 4.03. The molecule has 0 saturated carbocycles. The SMILES string of the molecule is CCCCCCCCCCc1cncc(B(O)O)c1. The Kier molecular flexibility index (Phi) is 8.51. The summed E-state index contributed by atoms with van der Waals surface area (Å²) in [7, 11) is -1.41. The van der Waals surface area contributed by atoms with Crippen LogP contribution in [-0.2, 0) is 6.42 Å². The quantitative estimate of drug-likeness (QED) is 0.503. The van der Waals surface area contributed by atoms with Crippen LogP contribution in [0.2, 0.25) is 0 Å². The number of hydrogen-bond acceptors (Lipinski definition) is 3. The van der Waals surface area contributed by atoms with E-state index < -0.39 is 7.12 Å².